The second-order valence-electron chi connectivity index (χ2n) is 17.1. The Morgan fingerprint density at radius 1 is 0.459 bits per heavy atom. The fraction of sp³-hybridized carbons (Fsp3) is 0.0877. The van der Waals surface area contributed by atoms with E-state index in [9.17, 15) is 0 Å². The molecule has 0 saturated carbocycles. The minimum Gasteiger partial charge on any atom is -0.456 e. The molecule has 0 spiro atoms. The molecule has 290 valence electrons. The number of benzene rings is 8. The van der Waals surface area contributed by atoms with Gasteiger partial charge in [-0.1, -0.05) is 135 Å². The molecule has 0 amide bonds. The van der Waals surface area contributed by atoms with Crippen molar-refractivity contribution in [2.75, 3.05) is 4.90 Å². The van der Waals surface area contributed by atoms with Crippen LogP contribution in [-0.4, -0.2) is 0 Å². The summed E-state index contributed by atoms with van der Waals surface area (Å²) in [5.74, 6) is 0.985. The number of anilines is 3. The maximum atomic E-state index is 6.62. The van der Waals surface area contributed by atoms with Crippen molar-refractivity contribution in [1.82, 2.24) is 0 Å². The summed E-state index contributed by atoms with van der Waals surface area (Å²) in [5.41, 5.74) is 18.3. The number of para-hydroxylation sites is 4. The van der Waals surface area contributed by atoms with Crippen LogP contribution in [0.1, 0.15) is 42.7 Å². The Kier molecular flexibility index (Phi) is 7.16. The molecule has 3 aromatic heterocycles. The first-order chi connectivity index (χ1) is 30.0. The molecule has 0 fully saturated rings. The van der Waals surface area contributed by atoms with Crippen molar-refractivity contribution in [3.63, 3.8) is 0 Å². The number of allylic oxidation sites excluding steroid dienone is 1. The molecule has 11 aromatic rings. The molecule has 4 nitrogen and oxygen atoms in total. The molecule has 0 aliphatic heterocycles. The second kappa shape index (κ2) is 12.7. The van der Waals surface area contributed by atoms with Crippen molar-refractivity contribution in [3.8, 4) is 33.4 Å². The van der Waals surface area contributed by atoms with Crippen LogP contribution in [0.4, 0.5) is 17.1 Å². The normalized spacial score (nSPS) is 14.0. The summed E-state index contributed by atoms with van der Waals surface area (Å²) < 4.78 is 19.6. The summed E-state index contributed by atoms with van der Waals surface area (Å²) in [6.07, 6.45) is 6.39. The van der Waals surface area contributed by atoms with Crippen LogP contribution >= 0.6 is 0 Å². The molecular formula is C57H39NO3. The molecule has 13 rings (SSSR count). The van der Waals surface area contributed by atoms with Gasteiger partial charge in [-0.15, -0.1) is 0 Å². The van der Waals surface area contributed by atoms with Crippen LogP contribution < -0.4 is 4.90 Å². The summed E-state index contributed by atoms with van der Waals surface area (Å²) in [6.45, 7) is 4.68. The van der Waals surface area contributed by atoms with Crippen LogP contribution in [0.25, 0.3) is 94.3 Å². The van der Waals surface area contributed by atoms with Crippen molar-refractivity contribution in [2.45, 2.75) is 32.1 Å². The van der Waals surface area contributed by atoms with Gasteiger partial charge in [-0.25, -0.2) is 0 Å². The lowest BCUT2D eigenvalue weighted by Gasteiger charge is -2.28. The number of aryl methyl sites for hydroxylation is 1. The lowest BCUT2D eigenvalue weighted by Crippen LogP contribution is -2.16. The third-order valence-electron chi connectivity index (χ3n) is 13.4. The first kappa shape index (κ1) is 34.3. The van der Waals surface area contributed by atoms with Crippen molar-refractivity contribution in [1.29, 1.82) is 0 Å². The van der Waals surface area contributed by atoms with E-state index in [1.54, 1.807) is 0 Å². The predicted octanol–water partition coefficient (Wildman–Crippen LogP) is 16.3. The van der Waals surface area contributed by atoms with E-state index >= 15 is 0 Å². The van der Waals surface area contributed by atoms with E-state index < -0.39 is 0 Å². The Labute approximate surface area is 352 Å². The van der Waals surface area contributed by atoms with E-state index in [0.717, 1.165) is 107 Å². The van der Waals surface area contributed by atoms with Gasteiger partial charge in [0.25, 0.3) is 0 Å². The van der Waals surface area contributed by atoms with Gasteiger partial charge < -0.3 is 18.2 Å². The molecule has 2 aliphatic rings. The van der Waals surface area contributed by atoms with Crippen LogP contribution in [0.5, 0.6) is 0 Å². The van der Waals surface area contributed by atoms with Gasteiger partial charge in [-0.3, -0.25) is 0 Å². The minimum absolute atomic E-state index is 0.242. The molecule has 0 unspecified atom stereocenters. The molecule has 0 N–H and O–H groups in total. The lowest BCUT2D eigenvalue weighted by atomic mass is 9.82. The van der Waals surface area contributed by atoms with Gasteiger partial charge in [0, 0.05) is 71.7 Å². The summed E-state index contributed by atoms with van der Waals surface area (Å²) in [7, 11) is 0. The summed E-state index contributed by atoms with van der Waals surface area (Å²) >= 11 is 0. The smallest absolute Gasteiger partial charge is 0.143 e. The van der Waals surface area contributed by atoms with E-state index in [1.165, 1.54) is 33.2 Å². The Morgan fingerprint density at radius 2 is 1.03 bits per heavy atom. The zero-order valence-corrected chi connectivity index (χ0v) is 33.8. The maximum absolute atomic E-state index is 6.62. The Bertz CT molecular complexity index is 3610. The highest BCUT2D eigenvalue weighted by atomic mass is 16.3. The van der Waals surface area contributed by atoms with Crippen LogP contribution in [0.3, 0.4) is 0 Å². The molecule has 8 aromatic carbocycles. The number of hydrogen-bond donors (Lipinski definition) is 0. The van der Waals surface area contributed by atoms with Gasteiger partial charge in [-0.2, -0.15) is 0 Å². The van der Waals surface area contributed by atoms with Crippen molar-refractivity contribution < 1.29 is 13.3 Å². The van der Waals surface area contributed by atoms with Gasteiger partial charge in [0.1, 0.15) is 33.7 Å². The molecule has 0 radical (unpaired) electrons. The lowest BCUT2D eigenvalue weighted by molar-refractivity contribution is 0.596. The van der Waals surface area contributed by atoms with Crippen molar-refractivity contribution in [3.05, 3.63) is 192 Å². The first-order valence-electron chi connectivity index (χ1n) is 21.2. The zero-order chi connectivity index (χ0) is 40.4. The molecule has 0 bridgehead atoms. The highest BCUT2D eigenvalue weighted by molar-refractivity contribution is 6.12. The highest BCUT2D eigenvalue weighted by Crippen LogP contribution is 2.54. The van der Waals surface area contributed by atoms with Gasteiger partial charge >= 0.3 is 0 Å². The van der Waals surface area contributed by atoms with Crippen LogP contribution in [0.2, 0.25) is 0 Å². The Morgan fingerprint density at radius 3 is 1.72 bits per heavy atom. The number of furan rings is 3. The SMILES string of the molecule is CC1(C)c2cc(N(c3ccc(-c4cccc5c6c(oc45)C=CCC6)cc3)c3ccc(-c4cccc5c4oc4ccccc45)cc3)ccc2-c2c1ccc1c2oc2ccccc21. The van der Waals surface area contributed by atoms with Crippen LogP contribution in [0.15, 0.2) is 183 Å². The van der Waals surface area contributed by atoms with E-state index in [4.69, 9.17) is 13.3 Å². The number of nitrogens with zero attached hydrogens (tertiary/aromatic N) is 1. The zero-order valence-electron chi connectivity index (χ0n) is 33.8. The molecule has 3 heterocycles. The highest BCUT2D eigenvalue weighted by Gasteiger charge is 2.38. The average molecular weight is 786 g/mol. The van der Waals surface area contributed by atoms with Crippen molar-refractivity contribution in [2.24, 2.45) is 0 Å². The second-order valence-corrected chi connectivity index (χ2v) is 17.1. The maximum Gasteiger partial charge on any atom is 0.143 e. The third kappa shape index (κ3) is 4.99. The molecule has 0 atom stereocenters. The van der Waals surface area contributed by atoms with E-state index in [0.29, 0.717) is 0 Å². The Balaban J connectivity index is 0.951. The Hall–Kier alpha value is -7.56. The summed E-state index contributed by atoms with van der Waals surface area (Å²) in [6, 6.07) is 58.9. The summed E-state index contributed by atoms with van der Waals surface area (Å²) in [4.78, 5) is 2.38. The molecule has 0 saturated heterocycles. The number of rotatable bonds is 5. The largest absolute Gasteiger partial charge is 0.456 e. The van der Waals surface area contributed by atoms with Crippen molar-refractivity contribution >= 4 is 78.0 Å². The first-order valence-corrected chi connectivity index (χ1v) is 21.2. The summed E-state index contributed by atoms with van der Waals surface area (Å²) in [5, 5.41) is 5.78. The van der Waals surface area contributed by atoms with Gasteiger partial charge in [0.05, 0.1) is 0 Å². The van der Waals surface area contributed by atoms with Gasteiger partial charge in [-0.05, 0) is 95.3 Å². The number of hydrogen-bond acceptors (Lipinski definition) is 4. The molecule has 61 heavy (non-hydrogen) atoms. The topological polar surface area (TPSA) is 42.7 Å². The van der Waals surface area contributed by atoms with Crippen LogP contribution in [-0.2, 0) is 11.8 Å². The van der Waals surface area contributed by atoms with E-state index in [1.807, 2.05) is 18.2 Å². The fourth-order valence-electron chi connectivity index (χ4n) is 10.4. The van der Waals surface area contributed by atoms with Gasteiger partial charge in [0.2, 0.25) is 0 Å². The quantitative estimate of drug-likeness (QED) is 0.174. The monoisotopic (exact) mass is 785 g/mol. The van der Waals surface area contributed by atoms with E-state index in [2.05, 4.69) is 176 Å². The standard InChI is InChI=1S/C57H39NO3/c1-57(2)48-32-31-46-43-13-5-8-20-52(43)61-56(46)53(48)47-30-29-38(33-49(47)57)58(36-25-21-34(22-26-36)39-14-9-16-44-41-11-3-6-18-50(41)59-54(39)44)37-27-23-35(24-28-37)40-15-10-17-45-42-12-4-7-19-51(42)60-55(40)45/h3,5-11,13-33H,4,12H2,1-2H3. The van der Waals surface area contributed by atoms with Crippen LogP contribution in [0, 0.1) is 0 Å². The number of fused-ring (bicyclic) bond motifs is 13. The average Bonchev–Trinajstić information content (AvgIpc) is 4.05. The van der Waals surface area contributed by atoms with E-state index in [-0.39, 0.29) is 5.41 Å². The molecule has 4 heteroatoms. The molecular weight excluding hydrogens is 747 g/mol. The van der Waals surface area contributed by atoms with Gasteiger partial charge in [0.15, 0.2) is 0 Å². The minimum atomic E-state index is -0.242. The fourth-order valence-corrected chi connectivity index (χ4v) is 10.4. The third-order valence-corrected chi connectivity index (χ3v) is 13.4. The molecule has 2 aliphatic carbocycles. The predicted molar refractivity (Wildman–Crippen MR) is 251 cm³/mol.